The molecule has 0 saturated heterocycles. The van der Waals surface area contributed by atoms with Crippen LogP contribution in [0.25, 0.3) is 22.3 Å². The second kappa shape index (κ2) is 5.85. The Labute approximate surface area is 171 Å². The van der Waals surface area contributed by atoms with Crippen molar-refractivity contribution in [1.82, 2.24) is 0 Å². The lowest BCUT2D eigenvalue weighted by Gasteiger charge is -2.28. The molecule has 2 nitrogen and oxygen atoms in total. The van der Waals surface area contributed by atoms with Crippen LogP contribution in [0.5, 0.6) is 11.5 Å². The Morgan fingerprint density at radius 2 is 0.897 bits per heavy atom. The molecule has 0 fully saturated rings. The summed E-state index contributed by atoms with van der Waals surface area (Å²) in [5.74, 6) is 1.83. The van der Waals surface area contributed by atoms with Crippen LogP contribution in [0.4, 0.5) is 0 Å². The van der Waals surface area contributed by atoms with Crippen molar-refractivity contribution < 1.29 is 9.47 Å². The summed E-state index contributed by atoms with van der Waals surface area (Å²) in [6.45, 7) is 0. The first-order chi connectivity index (χ1) is 14.3. The van der Waals surface area contributed by atoms with Crippen LogP contribution >= 0.6 is 0 Å². The number of hydrogen-bond acceptors (Lipinski definition) is 2. The van der Waals surface area contributed by atoms with Crippen LogP contribution < -0.4 is 30.2 Å². The standard InChI is InChI=1S/C26H20O2Si/c1-27-17-11-13-21-19-7-3-5-9-23(19)29(25(21)15-17)24-10-6-4-8-20(24)22-14-12-18(28-2)16-26(22)29/h3-16H,1-2H3. The maximum absolute atomic E-state index is 5.66. The van der Waals surface area contributed by atoms with Gasteiger partial charge in [0, 0.05) is 0 Å². The van der Waals surface area contributed by atoms with Gasteiger partial charge in [-0.05, 0) is 67.3 Å². The minimum atomic E-state index is -2.41. The molecular weight excluding hydrogens is 372 g/mol. The third-order valence-electron chi connectivity index (χ3n) is 6.50. The van der Waals surface area contributed by atoms with Gasteiger partial charge in [0.25, 0.3) is 0 Å². The fourth-order valence-corrected chi connectivity index (χ4v) is 11.0. The van der Waals surface area contributed by atoms with E-state index in [9.17, 15) is 0 Å². The normalized spacial score (nSPS) is 14.1. The van der Waals surface area contributed by atoms with Crippen molar-refractivity contribution in [2.45, 2.75) is 0 Å². The summed E-state index contributed by atoms with van der Waals surface area (Å²) in [5, 5.41) is 5.75. The molecule has 3 heteroatoms. The number of benzene rings is 4. The maximum atomic E-state index is 5.66. The van der Waals surface area contributed by atoms with Gasteiger partial charge in [-0.2, -0.15) is 0 Å². The number of hydrogen-bond donors (Lipinski definition) is 0. The molecule has 6 rings (SSSR count). The highest BCUT2D eigenvalue weighted by Crippen LogP contribution is 2.37. The first-order valence-electron chi connectivity index (χ1n) is 9.86. The summed E-state index contributed by atoms with van der Waals surface area (Å²) in [6.07, 6.45) is 0. The van der Waals surface area contributed by atoms with Gasteiger partial charge in [-0.25, -0.2) is 0 Å². The Morgan fingerprint density at radius 3 is 1.34 bits per heavy atom. The lowest BCUT2D eigenvalue weighted by atomic mass is 10.1. The highest BCUT2D eigenvalue weighted by molar-refractivity contribution is 7.24. The zero-order valence-corrected chi connectivity index (χ0v) is 17.4. The summed E-state index contributed by atoms with van der Waals surface area (Å²) in [5.41, 5.74) is 5.36. The van der Waals surface area contributed by atoms with Crippen LogP contribution in [-0.2, 0) is 0 Å². The number of ether oxygens (including phenoxy) is 2. The molecule has 2 aliphatic rings. The molecule has 0 N–H and O–H groups in total. The molecule has 0 amide bonds. The van der Waals surface area contributed by atoms with Crippen molar-refractivity contribution in [3.63, 3.8) is 0 Å². The van der Waals surface area contributed by atoms with Gasteiger partial charge in [-0.1, -0.05) is 60.7 Å². The summed E-state index contributed by atoms with van der Waals surface area (Å²) in [7, 11) is 1.09. The molecular formula is C26H20O2Si. The fraction of sp³-hybridized carbons (Fsp3) is 0.0769. The quantitative estimate of drug-likeness (QED) is 0.422. The first kappa shape index (κ1) is 16.6. The SMILES string of the molecule is COc1ccc2c(c1)[Si]1(c3ccccc3-2)c2ccccc2-c2ccc(OC)cc21. The van der Waals surface area contributed by atoms with Crippen LogP contribution in [0.3, 0.4) is 0 Å². The predicted molar refractivity (Wildman–Crippen MR) is 121 cm³/mol. The van der Waals surface area contributed by atoms with E-state index in [-0.39, 0.29) is 0 Å². The van der Waals surface area contributed by atoms with E-state index in [1.165, 1.54) is 43.0 Å². The first-order valence-corrected chi connectivity index (χ1v) is 11.9. The van der Waals surface area contributed by atoms with Gasteiger partial charge in [-0.3, -0.25) is 0 Å². The summed E-state index contributed by atoms with van der Waals surface area (Å²) < 4.78 is 11.3. The zero-order valence-electron chi connectivity index (χ0n) is 16.4. The summed E-state index contributed by atoms with van der Waals surface area (Å²) in [6, 6.07) is 31.0. The molecule has 0 atom stereocenters. The van der Waals surface area contributed by atoms with Crippen molar-refractivity contribution in [2.24, 2.45) is 0 Å². The Hall–Kier alpha value is -3.30. The Bertz CT molecular complexity index is 1190. The average Bonchev–Trinajstić information content (AvgIpc) is 3.25. The average molecular weight is 393 g/mol. The number of fused-ring (bicyclic) bond motifs is 10. The Balaban J connectivity index is 1.83. The Kier molecular flexibility index (Phi) is 3.35. The van der Waals surface area contributed by atoms with Gasteiger partial charge >= 0.3 is 0 Å². The molecule has 0 aliphatic carbocycles. The van der Waals surface area contributed by atoms with E-state index in [2.05, 4.69) is 84.9 Å². The molecule has 29 heavy (non-hydrogen) atoms. The molecule has 0 unspecified atom stereocenters. The van der Waals surface area contributed by atoms with Gasteiger partial charge < -0.3 is 9.47 Å². The minimum Gasteiger partial charge on any atom is -0.497 e. The molecule has 2 aliphatic heterocycles. The number of methoxy groups -OCH3 is 2. The lowest BCUT2D eigenvalue weighted by Crippen LogP contribution is -2.70. The van der Waals surface area contributed by atoms with E-state index in [0.717, 1.165) is 11.5 Å². The fourth-order valence-electron chi connectivity index (χ4n) is 5.35. The van der Waals surface area contributed by atoms with Gasteiger partial charge in [0.05, 0.1) is 14.2 Å². The molecule has 4 aromatic carbocycles. The third-order valence-corrected chi connectivity index (χ3v) is 11.4. The molecule has 0 saturated carbocycles. The van der Waals surface area contributed by atoms with Crippen molar-refractivity contribution in [2.75, 3.05) is 14.2 Å². The van der Waals surface area contributed by atoms with E-state index in [4.69, 9.17) is 9.47 Å². The molecule has 1 spiro atoms. The van der Waals surface area contributed by atoms with E-state index in [0.29, 0.717) is 0 Å². The molecule has 0 radical (unpaired) electrons. The Morgan fingerprint density at radius 1 is 0.483 bits per heavy atom. The lowest BCUT2D eigenvalue weighted by molar-refractivity contribution is 0.415. The van der Waals surface area contributed by atoms with Crippen LogP contribution in [0.2, 0.25) is 0 Å². The van der Waals surface area contributed by atoms with Crippen LogP contribution in [0, 0.1) is 0 Å². The molecule has 140 valence electrons. The van der Waals surface area contributed by atoms with E-state index < -0.39 is 8.07 Å². The highest BCUT2D eigenvalue weighted by atomic mass is 28.3. The van der Waals surface area contributed by atoms with Gasteiger partial charge in [0.15, 0.2) is 8.07 Å². The van der Waals surface area contributed by atoms with Crippen molar-refractivity contribution in [3.05, 3.63) is 84.9 Å². The zero-order chi connectivity index (χ0) is 19.6. The van der Waals surface area contributed by atoms with E-state index in [1.807, 2.05) is 0 Å². The van der Waals surface area contributed by atoms with Crippen LogP contribution in [0.1, 0.15) is 0 Å². The van der Waals surface area contributed by atoms with E-state index in [1.54, 1.807) is 14.2 Å². The van der Waals surface area contributed by atoms with Crippen LogP contribution in [-0.4, -0.2) is 22.3 Å². The minimum absolute atomic E-state index is 0.914. The topological polar surface area (TPSA) is 18.5 Å². The second-order valence-electron chi connectivity index (χ2n) is 7.66. The number of rotatable bonds is 2. The second-order valence-corrected chi connectivity index (χ2v) is 11.3. The van der Waals surface area contributed by atoms with E-state index >= 15 is 0 Å². The monoisotopic (exact) mass is 392 g/mol. The molecule has 0 bridgehead atoms. The predicted octanol–water partition coefficient (Wildman–Crippen LogP) is 3.04. The smallest absolute Gasteiger partial charge is 0.182 e. The highest BCUT2D eigenvalue weighted by Gasteiger charge is 2.54. The largest absolute Gasteiger partial charge is 0.497 e. The maximum Gasteiger partial charge on any atom is 0.182 e. The van der Waals surface area contributed by atoms with Crippen molar-refractivity contribution in [1.29, 1.82) is 0 Å². The molecule has 4 aromatic rings. The third kappa shape index (κ3) is 1.95. The molecule has 0 aromatic heterocycles. The van der Waals surface area contributed by atoms with Gasteiger partial charge in [0.1, 0.15) is 11.5 Å². The van der Waals surface area contributed by atoms with Gasteiger partial charge in [0.2, 0.25) is 0 Å². The van der Waals surface area contributed by atoms with Crippen molar-refractivity contribution >= 4 is 28.8 Å². The summed E-state index contributed by atoms with van der Waals surface area (Å²) >= 11 is 0. The summed E-state index contributed by atoms with van der Waals surface area (Å²) in [4.78, 5) is 0. The van der Waals surface area contributed by atoms with Gasteiger partial charge in [-0.15, -0.1) is 0 Å². The van der Waals surface area contributed by atoms with Crippen molar-refractivity contribution in [3.8, 4) is 33.8 Å². The van der Waals surface area contributed by atoms with Crippen LogP contribution in [0.15, 0.2) is 84.9 Å². The molecule has 2 heterocycles.